The molecule has 1 heterocycles. The first kappa shape index (κ1) is 13.1. The number of carbonyl (C=O) groups is 2. The maximum atomic E-state index is 11.4. The second-order valence-electron chi connectivity index (χ2n) is 3.26. The number of esters is 1. The third kappa shape index (κ3) is 2.76. The molecule has 0 aromatic carbocycles. The average molecular weight is 256 g/mol. The third-order valence-electron chi connectivity index (χ3n) is 2.21. The Morgan fingerprint density at radius 1 is 1.65 bits per heavy atom. The molecule has 1 rings (SSSR count). The van der Waals surface area contributed by atoms with Crippen LogP contribution in [0.4, 0.5) is 0 Å². The number of rotatable bonds is 3. The number of hydrogen-bond donors (Lipinski definition) is 1. The molecule has 0 atom stereocenters. The largest absolute Gasteiger partial charge is 0.507 e. The molecule has 1 amide bonds. The summed E-state index contributed by atoms with van der Waals surface area (Å²) in [5.74, 6) is -1.82. The third-order valence-corrected chi connectivity index (χ3v) is 2.64. The summed E-state index contributed by atoms with van der Waals surface area (Å²) in [6.07, 6.45) is 0.710. The van der Waals surface area contributed by atoms with Crippen LogP contribution in [0.5, 0.6) is 0 Å². The Kier molecular flexibility index (Phi) is 4.12. The molecule has 1 fully saturated rings. The van der Waals surface area contributed by atoms with E-state index in [4.69, 9.17) is 17.6 Å². The topological polar surface area (TPSA) is 95.0 Å². The number of carbonyl (C=O) groups excluding carboxylic acids is 2. The van der Waals surface area contributed by atoms with Gasteiger partial charge < -0.3 is 9.84 Å². The highest BCUT2D eigenvalue weighted by Gasteiger charge is 2.34. The predicted molar refractivity (Wildman–Crippen MR) is 60.3 cm³/mol. The minimum atomic E-state index is -0.998. The Bertz CT molecular complexity index is 436. The van der Waals surface area contributed by atoms with Crippen LogP contribution in [0.3, 0.4) is 0 Å². The molecule has 0 bridgehead atoms. The SMILES string of the molecule is COC(=O)/C([N+]#N)=C(\O)CN1C(=O)CCC1=S. The summed E-state index contributed by atoms with van der Waals surface area (Å²) in [5.41, 5.74) is -0.644. The van der Waals surface area contributed by atoms with Crippen molar-refractivity contribution in [1.82, 2.24) is 4.90 Å². The first-order valence-electron chi connectivity index (χ1n) is 4.70. The van der Waals surface area contributed by atoms with E-state index in [1.54, 1.807) is 0 Å². The number of nitrogens with zero attached hydrogens (tertiary/aromatic N) is 3. The Morgan fingerprint density at radius 2 is 2.29 bits per heavy atom. The summed E-state index contributed by atoms with van der Waals surface area (Å²) in [4.78, 5) is 26.6. The molecule has 1 saturated heterocycles. The van der Waals surface area contributed by atoms with Gasteiger partial charge in [-0.1, -0.05) is 12.2 Å². The zero-order chi connectivity index (χ0) is 13.0. The van der Waals surface area contributed by atoms with Crippen molar-refractivity contribution in [1.29, 1.82) is 5.39 Å². The molecule has 0 aromatic rings. The molecule has 0 saturated carbocycles. The van der Waals surface area contributed by atoms with Crippen LogP contribution in [0.15, 0.2) is 11.5 Å². The van der Waals surface area contributed by atoms with Crippen LogP contribution in [-0.2, 0) is 14.3 Å². The fourth-order valence-electron chi connectivity index (χ4n) is 1.34. The maximum absolute atomic E-state index is 11.4. The Morgan fingerprint density at radius 3 is 2.71 bits per heavy atom. The lowest BCUT2D eigenvalue weighted by Crippen LogP contribution is -2.30. The summed E-state index contributed by atoms with van der Waals surface area (Å²) in [6, 6.07) is 0. The van der Waals surface area contributed by atoms with E-state index in [0.717, 1.165) is 12.0 Å². The highest BCUT2D eigenvalue weighted by atomic mass is 32.1. The monoisotopic (exact) mass is 256 g/mol. The second kappa shape index (κ2) is 5.36. The zero-order valence-electron chi connectivity index (χ0n) is 9.04. The van der Waals surface area contributed by atoms with Crippen molar-refractivity contribution in [3.8, 4) is 0 Å². The molecule has 0 spiro atoms. The predicted octanol–water partition coefficient (Wildman–Crippen LogP) is 0.732. The molecule has 7 nitrogen and oxygen atoms in total. The minimum Gasteiger partial charge on any atom is -0.503 e. The van der Waals surface area contributed by atoms with Crippen LogP contribution < -0.4 is 0 Å². The lowest BCUT2D eigenvalue weighted by atomic mass is 10.3. The van der Waals surface area contributed by atoms with Gasteiger partial charge in [0.05, 0.1) is 18.6 Å². The summed E-state index contributed by atoms with van der Waals surface area (Å²) in [6.45, 7) is -0.299. The molecule has 1 N–H and O–H groups in total. The van der Waals surface area contributed by atoms with Crippen LogP contribution in [0.2, 0.25) is 0 Å². The Hall–Kier alpha value is -2.01. The first-order valence-corrected chi connectivity index (χ1v) is 5.10. The summed E-state index contributed by atoms with van der Waals surface area (Å²) < 4.78 is 4.30. The number of diazo groups is 1. The Balaban J connectivity index is 2.90. The van der Waals surface area contributed by atoms with Crippen LogP contribution in [-0.4, -0.2) is 40.5 Å². The van der Waals surface area contributed by atoms with Crippen molar-refractivity contribution >= 4 is 29.1 Å². The summed E-state index contributed by atoms with van der Waals surface area (Å²) in [7, 11) is 1.08. The van der Waals surface area contributed by atoms with Crippen molar-refractivity contribution < 1.29 is 19.4 Å². The van der Waals surface area contributed by atoms with Crippen molar-refractivity contribution in [3.63, 3.8) is 0 Å². The van der Waals surface area contributed by atoms with E-state index in [1.165, 1.54) is 0 Å². The van der Waals surface area contributed by atoms with E-state index < -0.39 is 17.4 Å². The highest BCUT2D eigenvalue weighted by Crippen LogP contribution is 2.16. The molecule has 0 aliphatic carbocycles. The van der Waals surface area contributed by atoms with Crippen LogP contribution in [0.25, 0.3) is 4.98 Å². The van der Waals surface area contributed by atoms with Crippen molar-refractivity contribution in [2.45, 2.75) is 12.8 Å². The number of methoxy groups -OCH3 is 1. The number of ether oxygens (including phenoxy) is 1. The normalized spacial score (nSPS) is 16.6. The van der Waals surface area contributed by atoms with Crippen molar-refractivity contribution in [2.24, 2.45) is 0 Å². The van der Waals surface area contributed by atoms with Crippen LogP contribution in [0, 0.1) is 5.39 Å². The second-order valence-corrected chi connectivity index (χ2v) is 3.73. The zero-order valence-corrected chi connectivity index (χ0v) is 9.86. The smallest absolute Gasteiger partial charge is 0.503 e. The molecule has 17 heavy (non-hydrogen) atoms. The molecular formula is C9H10N3O4S+. The number of aliphatic hydroxyl groups is 1. The van der Waals surface area contributed by atoms with Crippen molar-refractivity contribution in [3.05, 3.63) is 16.4 Å². The van der Waals surface area contributed by atoms with E-state index in [9.17, 15) is 14.7 Å². The molecule has 1 aliphatic rings. The number of aliphatic hydroxyl groups excluding tert-OH is 1. The van der Waals surface area contributed by atoms with Gasteiger partial charge in [-0.25, -0.2) is 4.79 Å². The van der Waals surface area contributed by atoms with E-state index >= 15 is 0 Å². The van der Waals surface area contributed by atoms with Gasteiger partial charge in [0.15, 0.2) is 4.98 Å². The maximum Gasteiger partial charge on any atom is 0.507 e. The number of thiocarbonyl (C=S) groups is 1. The van der Waals surface area contributed by atoms with Crippen LogP contribution >= 0.6 is 12.2 Å². The lowest BCUT2D eigenvalue weighted by molar-refractivity contribution is -0.136. The molecule has 0 aromatic heterocycles. The van der Waals surface area contributed by atoms with Crippen molar-refractivity contribution in [2.75, 3.05) is 13.7 Å². The standard InChI is InChI=1S/C9H9N3O4S/c1-16-9(15)8(11-10)5(13)4-12-6(14)2-3-7(12)17/h2-4H2,1H3/p+1. The molecule has 0 unspecified atom stereocenters. The van der Waals surface area contributed by atoms with Gasteiger partial charge in [-0.15, -0.1) is 0 Å². The summed E-state index contributed by atoms with van der Waals surface area (Å²) in [5, 5.41) is 18.2. The van der Waals surface area contributed by atoms with E-state index in [0.29, 0.717) is 11.4 Å². The van der Waals surface area contributed by atoms with Gasteiger partial charge >= 0.3 is 11.7 Å². The lowest BCUT2D eigenvalue weighted by Gasteiger charge is -2.13. The number of likely N-dealkylation sites (tertiary alicyclic amines) is 1. The highest BCUT2D eigenvalue weighted by molar-refractivity contribution is 7.80. The van der Waals surface area contributed by atoms with Gasteiger partial charge in [-0.2, -0.15) is 0 Å². The molecule has 90 valence electrons. The minimum absolute atomic E-state index is 0.247. The Labute approximate surface area is 102 Å². The van der Waals surface area contributed by atoms with Gasteiger partial charge in [0.2, 0.25) is 17.1 Å². The van der Waals surface area contributed by atoms with E-state index in [-0.39, 0.29) is 18.9 Å². The first-order chi connectivity index (χ1) is 8.01. The van der Waals surface area contributed by atoms with E-state index in [2.05, 4.69) is 9.71 Å². The van der Waals surface area contributed by atoms with Gasteiger partial charge in [0.1, 0.15) is 0 Å². The molecule has 0 radical (unpaired) electrons. The molecular weight excluding hydrogens is 246 g/mol. The van der Waals surface area contributed by atoms with Gasteiger partial charge in [-0.3, -0.25) is 9.69 Å². The number of hydrogen-bond acceptors (Lipinski definition) is 6. The summed E-state index contributed by atoms with van der Waals surface area (Å²) >= 11 is 4.91. The molecule has 8 heteroatoms. The van der Waals surface area contributed by atoms with E-state index in [1.807, 2.05) is 0 Å². The average Bonchev–Trinajstić information content (AvgIpc) is 2.61. The number of amides is 1. The fraction of sp³-hybridized carbons (Fsp3) is 0.444. The van der Waals surface area contributed by atoms with Gasteiger partial charge in [-0.05, 0) is 0 Å². The van der Waals surface area contributed by atoms with Gasteiger partial charge in [0.25, 0.3) is 0 Å². The van der Waals surface area contributed by atoms with Crippen LogP contribution in [0.1, 0.15) is 12.8 Å². The quantitative estimate of drug-likeness (QED) is 0.263. The fourth-order valence-corrected chi connectivity index (χ4v) is 1.61. The van der Waals surface area contributed by atoms with Gasteiger partial charge in [0, 0.05) is 12.8 Å². The molecule has 1 aliphatic heterocycles.